The average molecular weight is 407 g/mol. The third-order valence-corrected chi connectivity index (χ3v) is 6.04. The maximum Gasteiger partial charge on any atom is 0.231 e. The molecule has 0 radical (unpaired) electrons. The second-order valence-electron chi connectivity index (χ2n) is 7.02. The van der Waals surface area contributed by atoms with E-state index in [2.05, 4.69) is 39.8 Å². The number of ether oxygens (including phenoxy) is 3. The summed E-state index contributed by atoms with van der Waals surface area (Å²) in [5.41, 5.74) is 4.33. The fraction of sp³-hybridized carbons (Fsp3) is 0.318. The molecular formula is C22H21N3O3S. The van der Waals surface area contributed by atoms with Crippen molar-refractivity contribution in [3.05, 3.63) is 41.5 Å². The van der Waals surface area contributed by atoms with Crippen LogP contribution in [-0.4, -0.2) is 48.1 Å². The molecule has 0 amide bonds. The molecule has 0 aliphatic carbocycles. The summed E-state index contributed by atoms with van der Waals surface area (Å²) in [5.74, 6) is 9.60. The second-order valence-corrected chi connectivity index (χ2v) is 7.98. The lowest BCUT2D eigenvalue weighted by Crippen LogP contribution is -2.31. The first-order valence-electron chi connectivity index (χ1n) is 9.50. The molecule has 1 atom stereocenters. The molecule has 148 valence electrons. The monoisotopic (exact) mass is 407 g/mol. The zero-order valence-electron chi connectivity index (χ0n) is 16.3. The number of nitrogens with zero attached hydrogens (tertiary/aromatic N) is 2. The minimum Gasteiger partial charge on any atom is -0.492 e. The Morgan fingerprint density at radius 3 is 3.10 bits per heavy atom. The van der Waals surface area contributed by atoms with E-state index in [9.17, 15) is 0 Å². The number of benzene rings is 2. The molecule has 0 fully saturated rings. The quantitative estimate of drug-likeness (QED) is 0.529. The van der Waals surface area contributed by atoms with Gasteiger partial charge in [-0.1, -0.05) is 35.7 Å². The van der Waals surface area contributed by atoms with Crippen molar-refractivity contribution in [2.24, 2.45) is 0 Å². The largest absolute Gasteiger partial charge is 0.492 e. The van der Waals surface area contributed by atoms with E-state index in [1.165, 1.54) is 5.56 Å². The Kier molecular flexibility index (Phi) is 4.74. The van der Waals surface area contributed by atoms with Crippen molar-refractivity contribution in [3.8, 4) is 29.1 Å². The lowest BCUT2D eigenvalue weighted by molar-refractivity contribution is 0.171. The number of methoxy groups -OCH3 is 1. The van der Waals surface area contributed by atoms with Crippen LogP contribution < -0.4 is 14.2 Å². The molecule has 2 aromatic carbocycles. The lowest BCUT2D eigenvalue weighted by Gasteiger charge is -2.32. The van der Waals surface area contributed by atoms with E-state index in [4.69, 9.17) is 14.2 Å². The van der Waals surface area contributed by atoms with Crippen LogP contribution in [0.3, 0.4) is 0 Å². The van der Waals surface area contributed by atoms with E-state index < -0.39 is 0 Å². The van der Waals surface area contributed by atoms with Crippen LogP contribution in [0.15, 0.2) is 35.5 Å². The molecule has 7 heteroatoms. The number of para-hydroxylation sites is 2. The Morgan fingerprint density at radius 1 is 1.34 bits per heavy atom. The highest BCUT2D eigenvalue weighted by Crippen LogP contribution is 2.49. The molecule has 0 saturated heterocycles. The van der Waals surface area contributed by atoms with E-state index in [1.807, 2.05) is 24.3 Å². The molecule has 6 nitrogen and oxygen atoms in total. The van der Waals surface area contributed by atoms with Crippen LogP contribution >= 0.6 is 11.8 Å². The summed E-state index contributed by atoms with van der Waals surface area (Å²) in [6.45, 7) is 1.17. The third kappa shape index (κ3) is 3.28. The lowest BCUT2D eigenvalue weighted by atomic mass is 9.91. The van der Waals surface area contributed by atoms with Crippen LogP contribution in [0.1, 0.15) is 17.2 Å². The summed E-state index contributed by atoms with van der Waals surface area (Å²) >= 11 is 1.61. The predicted octanol–water partition coefficient (Wildman–Crippen LogP) is 3.62. The van der Waals surface area contributed by atoms with Crippen molar-refractivity contribution in [3.63, 3.8) is 0 Å². The average Bonchev–Trinajstić information content (AvgIpc) is 3.37. The maximum absolute atomic E-state index is 5.72. The highest BCUT2D eigenvalue weighted by atomic mass is 32.2. The van der Waals surface area contributed by atoms with Crippen LogP contribution in [0, 0.1) is 11.8 Å². The van der Waals surface area contributed by atoms with Gasteiger partial charge in [0.2, 0.25) is 12.5 Å². The van der Waals surface area contributed by atoms with Crippen LogP contribution in [-0.2, 0) is 6.42 Å². The number of hydrogen-bond donors (Lipinski definition) is 1. The number of aromatic nitrogens is 2. The van der Waals surface area contributed by atoms with E-state index >= 15 is 0 Å². The van der Waals surface area contributed by atoms with Gasteiger partial charge < -0.3 is 19.2 Å². The number of fused-ring (bicyclic) bond motifs is 3. The Balaban J connectivity index is 1.39. The number of likely N-dealkylation sites (N-methyl/N-ethyl adjacent to an activating group) is 1. The molecule has 0 spiro atoms. The summed E-state index contributed by atoms with van der Waals surface area (Å²) in [7, 11) is 3.77. The minimum absolute atomic E-state index is 0.0422. The minimum atomic E-state index is -0.0422. The SMILES string of the molecule is COc1c2c(cc3c1[C@H](C#CCSc1nc4ccccc4[nH]1)N(C)CC3)OCO2. The molecular weight excluding hydrogens is 386 g/mol. The number of H-pyrrole nitrogens is 1. The summed E-state index contributed by atoms with van der Waals surface area (Å²) < 4.78 is 17.0. The third-order valence-electron chi connectivity index (χ3n) is 5.28. The number of thioether (sulfide) groups is 1. The summed E-state index contributed by atoms with van der Waals surface area (Å²) in [5, 5.41) is 0.888. The number of imidazole rings is 1. The highest BCUT2D eigenvalue weighted by Gasteiger charge is 2.33. The molecule has 0 unspecified atom stereocenters. The molecule has 5 rings (SSSR count). The van der Waals surface area contributed by atoms with Crippen molar-refractivity contribution in [1.29, 1.82) is 0 Å². The van der Waals surface area contributed by atoms with Crippen LogP contribution in [0.25, 0.3) is 11.0 Å². The van der Waals surface area contributed by atoms with E-state index in [1.54, 1.807) is 18.9 Å². The first-order chi connectivity index (χ1) is 14.2. The van der Waals surface area contributed by atoms with Crippen LogP contribution in [0.5, 0.6) is 17.2 Å². The van der Waals surface area contributed by atoms with Crippen LogP contribution in [0.2, 0.25) is 0 Å². The predicted molar refractivity (Wildman–Crippen MR) is 113 cm³/mol. The Labute approximate surface area is 173 Å². The van der Waals surface area contributed by atoms with Gasteiger partial charge in [-0.2, -0.15) is 0 Å². The van der Waals surface area contributed by atoms with Crippen molar-refractivity contribution < 1.29 is 14.2 Å². The number of nitrogens with one attached hydrogen (secondary N) is 1. The van der Waals surface area contributed by atoms with Gasteiger partial charge in [0.15, 0.2) is 16.7 Å². The highest BCUT2D eigenvalue weighted by molar-refractivity contribution is 7.99. The van der Waals surface area contributed by atoms with E-state index in [-0.39, 0.29) is 12.8 Å². The molecule has 2 aliphatic heterocycles. The molecule has 1 N–H and O–H groups in total. The van der Waals surface area contributed by atoms with Gasteiger partial charge in [-0.25, -0.2) is 4.98 Å². The second kappa shape index (κ2) is 7.54. The molecule has 2 aliphatic rings. The van der Waals surface area contributed by atoms with Crippen molar-refractivity contribution >= 4 is 22.8 Å². The molecule has 0 saturated carbocycles. The number of hydrogen-bond acceptors (Lipinski definition) is 6. The van der Waals surface area contributed by atoms with Gasteiger partial charge in [0.1, 0.15) is 6.04 Å². The molecule has 0 bridgehead atoms. The smallest absolute Gasteiger partial charge is 0.231 e. The Hall–Kier alpha value is -2.82. The Bertz CT molecular complexity index is 1100. The van der Waals surface area contributed by atoms with Crippen molar-refractivity contribution in [2.45, 2.75) is 17.6 Å². The van der Waals surface area contributed by atoms with Crippen molar-refractivity contribution in [1.82, 2.24) is 14.9 Å². The van der Waals surface area contributed by atoms with E-state index in [0.717, 1.165) is 46.2 Å². The van der Waals surface area contributed by atoms with Gasteiger partial charge in [0.05, 0.1) is 23.9 Å². The molecule has 29 heavy (non-hydrogen) atoms. The maximum atomic E-state index is 5.72. The fourth-order valence-corrected chi connectivity index (χ4v) is 4.49. The number of aromatic amines is 1. The first kappa shape index (κ1) is 18.2. The summed E-state index contributed by atoms with van der Waals surface area (Å²) in [6, 6.07) is 10.1. The van der Waals surface area contributed by atoms with Crippen LogP contribution in [0.4, 0.5) is 0 Å². The summed E-state index contributed by atoms with van der Waals surface area (Å²) in [4.78, 5) is 10.2. The van der Waals surface area contributed by atoms with Gasteiger partial charge in [-0.3, -0.25) is 4.90 Å². The standard InChI is InChI=1S/C22H21N3O3S/c1-25-10-9-14-12-18-20(28-13-27-18)21(26-2)19(14)17(25)8-5-11-29-22-23-15-6-3-4-7-16(15)24-22/h3-4,6-7,12,17H,9-11,13H2,1-2H3,(H,23,24)/t17-/m0/s1. The van der Waals surface area contributed by atoms with Gasteiger partial charge in [0, 0.05) is 12.1 Å². The van der Waals surface area contributed by atoms with E-state index in [0.29, 0.717) is 11.5 Å². The molecule has 3 heterocycles. The van der Waals surface area contributed by atoms with Crippen molar-refractivity contribution in [2.75, 3.05) is 33.2 Å². The fourth-order valence-electron chi connectivity index (χ4n) is 3.86. The zero-order valence-corrected chi connectivity index (χ0v) is 17.1. The molecule has 3 aromatic rings. The summed E-state index contributed by atoms with van der Waals surface area (Å²) in [6.07, 6.45) is 0.935. The first-order valence-corrected chi connectivity index (χ1v) is 10.5. The number of rotatable bonds is 3. The van der Waals surface area contributed by atoms with Gasteiger partial charge in [-0.05, 0) is 37.2 Å². The van der Waals surface area contributed by atoms with Gasteiger partial charge in [-0.15, -0.1) is 0 Å². The Morgan fingerprint density at radius 2 is 2.24 bits per heavy atom. The molecule has 1 aromatic heterocycles. The zero-order chi connectivity index (χ0) is 19.8. The van der Waals surface area contributed by atoms with Gasteiger partial charge >= 0.3 is 0 Å². The normalized spacial score (nSPS) is 17.7. The van der Waals surface area contributed by atoms with Gasteiger partial charge in [0.25, 0.3) is 0 Å². The topological polar surface area (TPSA) is 59.6 Å².